The molecule has 1 atom stereocenters. The number of rotatable bonds is 7. The van der Waals surface area contributed by atoms with Crippen molar-refractivity contribution in [3.8, 4) is 0 Å². The number of allylic oxidation sites excluding steroid dienone is 1. The standard InChI is InChI=1S/C13H24O3/c1-15-9-10-16-8-4-6-12-5-2-3-7-13(14)11-12/h11,13-14H,2-10H2,1H3. The van der Waals surface area contributed by atoms with Crippen molar-refractivity contribution in [3.05, 3.63) is 11.6 Å². The monoisotopic (exact) mass is 228 g/mol. The SMILES string of the molecule is COCCOCCCC1=CC(O)CCCC1. The molecule has 1 N–H and O–H groups in total. The van der Waals surface area contributed by atoms with Crippen molar-refractivity contribution >= 4 is 0 Å². The minimum atomic E-state index is -0.216. The van der Waals surface area contributed by atoms with Gasteiger partial charge in [-0.25, -0.2) is 0 Å². The first kappa shape index (κ1) is 13.7. The number of aliphatic hydroxyl groups excluding tert-OH is 1. The van der Waals surface area contributed by atoms with Gasteiger partial charge in [0.1, 0.15) is 0 Å². The first-order valence-corrected chi connectivity index (χ1v) is 6.27. The molecule has 16 heavy (non-hydrogen) atoms. The molecule has 1 rings (SSSR count). The van der Waals surface area contributed by atoms with Gasteiger partial charge in [-0.05, 0) is 32.1 Å². The zero-order chi connectivity index (χ0) is 11.6. The van der Waals surface area contributed by atoms with Gasteiger partial charge in [0.05, 0.1) is 19.3 Å². The van der Waals surface area contributed by atoms with Crippen LogP contribution < -0.4 is 0 Å². The third kappa shape index (κ3) is 6.26. The molecule has 1 aliphatic rings. The smallest absolute Gasteiger partial charge is 0.0723 e. The van der Waals surface area contributed by atoms with Gasteiger partial charge in [0.2, 0.25) is 0 Å². The predicted octanol–water partition coefficient (Wildman–Crippen LogP) is 2.29. The summed E-state index contributed by atoms with van der Waals surface area (Å²) in [5, 5.41) is 9.61. The van der Waals surface area contributed by atoms with Gasteiger partial charge in [-0.3, -0.25) is 0 Å². The highest BCUT2D eigenvalue weighted by molar-refractivity contribution is 5.06. The van der Waals surface area contributed by atoms with Crippen molar-refractivity contribution in [1.29, 1.82) is 0 Å². The second-order valence-electron chi connectivity index (χ2n) is 4.35. The topological polar surface area (TPSA) is 38.7 Å². The van der Waals surface area contributed by atoms with E-state index in [-0.39, 0.29) is 6.10 Å². The molecule has 0 heterocycles. The lowest BCUT2D eigenvalue weighted by Crippen LogP contribution is -2.04. The Balaban J connectivity index is 2.06. The molecule has 0 aliphatic heterocycles. The molecule has 0 saturated heterocycles. The summed E-state index contributed by atoms with van der Waals surface area (Å²) in [6.07, 6.45) is 8.36. The van der Waals surface area contributed by atoms with Crippen molar-refractivity contribution in [2.75, 3.05) is 26.9 Å². The maximum absolute atomic E-state index is 9.61. The van der Waals surface area contributed by atoms with Crippen LogP contribution in [-0.2, 0) is 9.47 Å². The fourth-order valence-corrected chi connectivity index (χ4v) is 2.00. The Labute approximate surface area is 98.4 Å². The molecule has 0 fully saturated rings. The number of hydrogen-bond donors (Lipinski definition) is 1. The molecule has 94 valence electrons. The Kier molecular flexibility index (Phi) is 7.47. The van der Waals surface area contributed by atoms with E-state index in [0.29, 0.717) is 13.2 Å². The molecule has 0 radical (unpaired) electrons. The van der Waals surface area contributed by atoms with Crippen molar-refractivity contribution in [2.24, 2.45) is 0 Å². The van der Waals surface area contributed by atoms with Crippen LogP contribution in [0.2, 0.25) is 0 Å². The second-order valence-corrected chi connectivity index (χ2v) is 4.35. The van der Waals surface area contributed by atoms with Crippen molar-refractivity contribution in [2.45, 2.75) is 44.6 Å². The van der Waals surface area contributed by atoms with Gasteiger partial charge in [-0.1, -0.05) is 18.1 Å². The van der Waals surface area contributed by atoms with E-state index in [4.69, 9.17) is 9.47 Å². The van der Waals surface area contributed by atoms with Gasteiger partial charge in [0.15, 0.2) is 0 Å². The molecule has 3 nitrogen and oxygen atoms in total. The molecular formula is C13H24O3. The summed E-state index contributed by atoms with van der Waals surface area (Å²) < 4.78 is 10.3. The summed E-state index contributed by atoms with van der Waals surface area (Å²) in [5.41, 5.74) is 1.40. The number of ether oxygens (including phenoxy) is 2. The Bertz CT molecular complexity index is 201. The average Bonchev–Trinajstić information content (AvgIpc) is 2.48. The third-order valence-electron chi connectivity index (χ3n) is 2.89. The number of hydrogen-bond acceptors (Lipinski definition) is 3. The largest absolute Gasteiger partial charge is 0.389 e. The zero-order valence-corrected chi connectivity index (χ0v) is 10.3. The van der Waals surface area contributed by atoms with E-state index in [2.05, 4.69) is 0 Å². The van der Waals surface area contributed by atoms with Gasteiger partial charge in [-0.2, -0.15) is 0 Å². The average molecular weight is 228 g/mol. The maximum Gasteiger partial charge on any atom is 0.0723 e. The van der Waals surface area contributed by atoms with Crippen LogP contribution in [0.5, 0.6) is 0 Å². The molecule has 1 aliphatic carbocycles. The fraction of sp³-hybridized carbons (Fsp3) is 0.846. The highest BCUT2D eigenvalue weighted by Crippen LogP contribution is 2.21. The second kappa shape index (κ2) is 8.74. The van der Waals surface area contributed by atoms with E-state index in [1.807, 2.05) is 6.08 Å². The molecular weight excluding hydrogens is 204 g/mol. The van der Waals surface area contributed by atoms with Gasteiger partial charge in [0.25, 0.3) is 0 Å². The molecule has 0 spiro atoms. The van der Waals surface area contributed by atoms with Crippen LogP contribution in [0.1, 0.15) is 38.5 Å². The summed E-state index contributed by atoms with van der Waals surface area (Å²) in [7, 11) is 1.68. The zero-order valence-electron chi connectivity index (χ0n) is 10.3. The maximum atomic E-state index is 9.61. The molecule has 0 amide bonds. The molecule has 0 aromatic heterocycles. The van der Waals surface area contributed by atoms with Crippen LogP contribution in [0.15, 0.2) is 11.6 Å². The van der Waals surface area contributed by atoms with Crippen LogP contribution in [-0.4, -0.2) is 38.1 Å². The molecule has 0 saturated carbocycles. The minimum absolute atomic E-state index is 0.216. The van der Waals surface area contributed by atoms with Crippen LogP contribution in [0, 0.1) is 0 Å². The van der Waals surface area contributed by atoms with Gasteiger partial charge in [0, 0.05) is 13.7 Å². The van der Waals surface area contributed by atoms with Crippen LogP contribution >= 0.6 is 0 Å². The lowest BCUT2D eigenvalue weighted by Gasteiger charge is -2.07. The highest BCUT2D eigenvalue weighted by Gasteiger charge is 2.08. The van der Waals surface area contributed by atoms with E-state index in [9.17, 15) is 5.11 Å². The number of aliphatic hydroxyl groups is 1. The lowest BCUT2D eigenvalue weighted by atomic mass is 10.1. The summed E-state index contributed by atoms with van der Waals surface area (Å²) in [6, 6.07) is 0. The molecule has 0 aromatic rings. The van der Waals surface area contributed by atoms with E-state index < -0.39 is 0 Å². The van der Waals surface area contributed by atoms with Crippen LogP contribution in [0.25, 0.3) is 0 Å². The molecule has 0 aromatic carbocycles. The Morgan fingerprint density at radius 2 is 2.19 bits per heavy atom. The Hall–Kier alpha value is -0.380. The summed E-state index contributed by atoms with van der Waals surface area (Å²) in [4.78, 5) is 0. The molecule has 1 unspecified atom stereocenters. The highest BCUT2D eigenvalue weighted by atomic mass is 16.5. The molecule has 3 heteroatoms. The Morgan fingerprint density at radius 3 is 3.00 bits per heavy atom. The fourth-order valence-electron chi connectivity index (χ4n) is 2.00. The van der Waals surface area contributed by atoms with E-state index in [1.54, 1.807) is 7.11 Å². The third-order valence-corrected chi connectivity index (χ3v) is 2.89. The minimum Gasteiger partial charge on any atom is -0.389 e. The van der Waals surface area contributed by atoms with Crippen molar-refractivity contribution in [1.82, 2.24) is 0 Å². The summed E-state index contributed by atoms with van der Waals surface area (Å²) in [5.74, 6) is 0. The van der Waals surface area contributed by atoms with Gasteiger partial charge in [-0.15, -0.1) is 0 Å². The first-order chi connectivity index (χ1) is 7.83. The number of methoxy groups -OCH3 is 1. The first-order valence-electron chi connectivity index (χ1n) is 6.27. The van der Waals surface area contributed by atoms with Crippen LogP contribution in [0.3, 0.4) is 0 Å². The lowest BCUT2D eigenvalue weighted by molar-refractivity contribution is 0.0694. The quantitative estimate of drug-likeness (QED) is 0.537. The van der Waals surface area contributed by atoms with Gasteiger partial charge >= 0.3 is 0 Å². The Morgan fingerprint density at radius 1 is 1.31 bits per heavy atom. The van der Waals surface area contributed by atoms with E-state index in [1.165, 1.54) is 12.0 Å². The normalized spacial score (nSPS) is 21.6. The van der Waals surface area contributed by atoms with E-state index >= 15 is 0 Å². The summed E-state index contributed by atoms with van der Waals surface area (Å²) in [6.45, 7) is 2.14. The van der Waals surface area contributed by atoms with E-state index in [0.717, 1.165) is 38.7 Å². The van der Waals surface area contributed by atoms with Gasteiger partial charge < -0.3 is 14.6 Å². The predicted molar refractivity (Wildman–Crippen MR) is 64.5 cm³/mol. The van der Waals surface area contributed by atoms with Crippen molar-refractivity contribution < 1.29 is 14.6 Å². The van der Waals surface area contributed by atoms with Crippen LogP contribution in [0.4, 0.5) is 0 Å². The summed E-state index contributed by atoms with van der Waals surface area (Å²) >= 11 is 0. The molecule has 0 bridgehead atoms. The van der Waals surface area contributed by atoms with Crippen molar-refractivity contribution in [3.63, 3.8) is 0 Å².